The second-order valence-corrected chi connectivity index (χ2v) is 8.48. The van der Waals surface area contributed by atoms with Crippen LogP contribution in [0, 0.1) is 0 Å². The Hall–Kier alpha value is -3.65. The van der Waals surface area contributed by atoms with Crippen molar-refractivity contribution in [2.24, 2.45) is 0 Å². The quantitative estimate of drug-likeness (QED) is 0.709. The predicted molar refractivity (Wildman–Crippen MR) is 124 cm³/mol. The lowest BCUT2D eigenvalue weighted by Crippen LogP contribution is -2.49. The van der Waals surface area contributed by atoms with Gasteiger partial charge in [-0.2, -0.15) is 0 Å². The Bertz CT molecular complexity index is 1300. The molecule has 0 aliphatic carbocycles. The van der Waals surface area contributed by atoms with Crippen LogP contribution in [0.2, 0.25) is 0 Å². The average Bonchev–Trinajstić information content (AvgIpc) is 3.21. The summed E-state index contributed by atoms with van der Waals surface area (Å²) in [4.78, 5) is 40.5. The number of fused-ring (bicyclic) bond motifs is 1. The highest BCUT2D eigenvalue weighted by Gasteiger charge is 2.39. The first kappa shape index (κ1) is 18.7. The van der Waals surface area contributed by atoms with Gasteiger partial charge in [-0.05, 0) is 36.1 Å². The summed E-state index contributed by atoms with van der Waals surface area (Å²) in [6.45, 7) is 3.42. The smallest absolute Gasteiger partial charge is 0.255 e. The molecule has 2 aromatic rings. The maximum absolute atomic E-state index is 13.1. The highest BCUT2D eigenvalue weighted by molar-refractivity contribution is 6.02. The molecule has 3 heterocycles. The fraction of sp³-hybridized carbons (Fsp3) is 0.346. The van der Waals surface area contributed by atoms with Gasteiger partial charge in [0.25, 0.3) is 5.91 Å². The molecule has 2 unspecified atom stereocenters. The molecule has 3 aliphatic heterocycles. The number of piperidine rings is 1. The minimum Gasteiger partial charge on any atom is -0.489 e. The highest BCUT2D eigenvalue weighted by atomic mass is 16.5. The molecule has 2 atom stereocenters. The van der Waals surface area contributed by atoms with E-state index in [-0.39, 0.29) is 61.7 Å². The van der Waals surface area contributed by atoms with Crippen molar-refractivity contribution in [1.29, 1.82) is 0 Å². The van der Waals surface area contributed by atoms with Crippen LogP contribution in [0.4, 0.5) is 0 Å². The van der Waals surface area contributed by atoms with Gasteiger partial charge in [0.2, 0.25) is 11.8 Å². The monoisotopic (exact) mass is 464 g/mol. The molecule has 8 heteroatoms. The number of hydrogen-bond acceptors (Lipinski definition) is 5. The number of allylic oxidation sites excluding steroid dienone is 1. The lowest BCUT2D eigenvalue weighted by molar-refractivity contribution is -0.143. The zero-order chi connectivity index (χ0) is 26.3. The molecule has 2 aromatic carbocycles. The summed E-state index contributed by atoms with van der Waals surface area (Å²) in [5.41, 5.74) is 2.51. The number of amides is 3. The summed E-state index contributed by atoms with van der Waals surface area (Å²) in [5, 5.41) is 2.72. The summed E-state index contributed by atoms with van der Waals surface area (Å²) < 4.78 is 36.4. The number of rotatable bonds is 6. The van der Waals surface area contributed by atoms with E-state index in [9.17, 15) is 14.4 Å². The van der Waals surface area contributed by atoms with Crippen LogP contribution in [0.15, 0.2) is 54.7 Å². The van der Waals surface area contributed by atoms with E-state index in [4.69, 9.17) is 13.6 Å². The van der Waals surface area contributed by atoms with Gasteiger partial charge in [-0.1, -0.05) is 36.9 Å². The van der Waals surface area contributed by atoms with E-state index in [0.29, 0.717) is 47.6 Å². The molecule has 0 radical (unpaired) electrons. The van der Waals surface area contributed by atoms with Crippen molar-refractivity contribution in [3.05, 3.63) is 76.9 Å². The van der Waals surface area contributed by atoms with Crippen LogP contribution in [0.25, 0.3) is 0 Å². The molecule has 0 spiro atoms. The third-order valence-electron chi connectivity index (χ3n) is 6.18. The minimum atomic E-state index is -1.09. The van der Waals surface area contributed by atoms with Crippen molar-refractivity contribution < 1.29 is 28.0 Å². The second-order valence-electron chi connectivity index (χ2n) is 8.48. The highest BCUT2D eigenvalue weighted by Crippen LogP contribution is 2.34. The molecule has 5 rings (SSSR count). The molecular weight excluding hydrogens is 434 g/mol. The number of morpholine rings is 1. The van der Waals surface area contributed by atoms with Crippen molar-refractivity contribution in [1.82, 2.24) is 15.1 Å². The Morgan fingerprint density at radius 3 is 2.85 bits per heavy atom. The standard InChI is InChI=1S/C26H27N3O5/c1-17-5-10-22(25(31)27-17)29-14-21-20(26(29)32)3-2-4-23(21)34-15-19-8-6-18(7-9-19)13-28-11-12-33-16-24(28)30/h2-4,6-9,22H,1,5,10-16H2,(H,27,31)/i6D,9D,13D. The SMILES string of the molecule is [2H]c1cc(C([2H])N2CCOCC2=O)c([2H])cc1COc1cccc2c1CN(C1CCC(=C)NC1=O)C2=O. The van der Waals surface area contributed by atoms with Crippen LogP contribution in [0.5, 0.6) is 5.75 Å². The van der Waals surface area contributed by atoms with Gasteiger partial charge in [0, 0.05) is 29.9 Å². The number of hydrogen-bond donors (Lipinski definition) is 1. The van der Waals surface area contributed by atoms with Crippen LogP contribution in [-0.2, 0) is 34.0 Å². The first-order valence-electron chi connectivity index (χ1n) is 12.8. The number of carbonyl (C=O) groups excluding carboxylic acids is 3. The maximum Gasteiger partial charge on any atom is 0.255 e. The molecule has 34 heavy (non-hydrogen) atoms. The fourth-order valence-corrected chi connectivity index (χ4v) is 4.34. The topological polar surface area (TPSA) is 88.2 Å². The van der Waals surface area contributed by atoms with Crippen LogP contribution in [-0.4, -0.2) is 53.3 Å². The van der Waals surface area contributed by atoms with Crippen LogP contribution >= 0.6 is 0 Å². The van der Waals surface area contributed by atoms with Crippen molar-refractivity contribution in [3.63, 3.8) is 0 Å². The number of carbonyl (C=O) groups is 3. The maximum atomic E-state index is 13.1. The summed E-state index contributed by atoms with van der Waals surface area (Å²) in [6, 6.07) is 7.62. The van der Waals surface area contributed by atoms with Gasteiger partial charge in [0.05, 0.1) is 17.3 Å². The molecule has 3 amide bonds. The predicted octanol–water partition coefficient (Wildman–Crippen LogP) is 2.37. The molecule has 3 aliphatic rings. The summed E-state index contributed by atoms with van der Waals surface area (Å²) >= 11 is 0. The van der Waals surface area contributed by atoms with E-state index in [1.165, 1.54) is 17.0 Å². The zero-order valence-corrected chi connectivity index (χ0v) is 18.6. The van der Waals surface area contributed by atoms with Gasteiger partial charge in [0.1, 0.15) is 25.0 Å². The van der Waals surface area contributed by atoms with Gasteiger partial charge in [-0.3, -0.25) is 14.4 Å². The minimum absolute atomic E-state index is 0.0153. The molecular formula is C26H27N3O5. The number of ether oxygens (including phenoxy) is 2. The van der Waals surface area contributed by atoms with E-state index in [1.54, 1.807) is 23.1 Å². The van der Waals surface area contributed by atoms with E-state index in [1.807, 2.05) is 0 Å². The van der Waals surface area contributed by atoms with E-state index < -0.39 is 12.6 Å². The lowest BCUT2D eigenvalue weighted by atomic mass is 10.0. The zero-order valence-electron chi connectivity index (χ0n) is 21.6. The van der Waals surface area contributed by atoms with E-state index >= 15 is 0 Å². The third-order valence-corrected chi connectivity index (χ3v) is 6.18. The van der Waals surface area contributed by atoms with Crippen molar-refractivity contribution in [2.75, 3.05) is 19.8 Å². The Morgan fingerprint density at radius 1 is 1.21 bits per heavy atom. The lowest BCUT2D eigenvalue weighted by Gasteiger charge is -2.31. The summed E-state index contributed by atoms with van der Waals surface area (Å²) in [5.74, 6) is -0.317. The van der Waals surface area contributed by atoms with Gasteiger partial charge >= 0.3 is 0 Å². The number of nitrogens with zero attached hydrogens (tertiary/aromatic N) is 2. The normalized spacial score (nSPS) is 22.6. The summed E-state index contributed by atoms with van der Waals surface area (Å²) in [6.07, 6.45) is 1.12. The Kier molecular flexibility index (Phi) is 5.13. The van der Waals surface area contributed by atoms with E-state index in [2.05, 4.69) is 11.9 Å². The van der Waals surface area contributed by atoms with Crippen molar-refractivity contribution >= 4 is 17.7 Å². The van der Waals surface area contributed by atoms with Gasteiger partial charge in [-0.25, -0.2) is 0 Å². The number of benzene rings is 2. The van der Waals surface area contributed by atoms with Crippen molar-refractivity contribution in [2.45, 2.75) is 38.6 Å². The molecule has 2 saturated heterocycles. The van der Waals surface area contributed by atoms with E-state index in [0.717, 1.165) is 0 Å². The third kappa shape index (κ3) is 4.41. The molecule has 8 nitrogen and oxygen atoms in total. The molecule has 2 fully saturated rings. The first-order chi connectivity index (χ1) is 17.7. The average molecular weight is 465 g/mol. The first-order valence-corrected chi connectivity index (χ1v) is 11.2. The molecule has 0 bridgehead atoms. The molecule has 0 saturated carbocycles. The Morgan fingerprint density at radius 2 is 2.03 bits per heavy atom. The largest absolute Gasteiger partial charge is 0.489 e. The molecule has 176 valence electrons. The second kappa shape index (κ2) is 9.30. The molecule has 1 N–H and O–H groups in total. The van der Waals surface area contributed by atoms with Crippen LogP contribution in [0.1, 0.15) is 44.0 Å². The van der Waals surface area contributed by atoms with Gasteiger partial charge in [-0.15, -0.1) is 0 Å². The van der Waals surface area contributed by atoms with Gasteiger partial charge < -0.3 is 24.6 Å². The summed E-state index contributed by atoms with van der Waals surface area (Å²) in [7, 11) is 0. The fourth-order valence-electron chi connectivity index (χ4n) is 4.34. The molecule has 0 aromatic heterocycles. The van der Waals surface area contributed by atoms with Crippen LogP contribution in [0.3, 0.4) is 0 Å². The van der Waals surface area contributed by atoms with Crippen molar-refractivity contribution in [3.8, 4) is 5.75 Å². The van der Waals surface area contributed by atoms with Gasteiger partial charge in [0.15, 0.2) is 0 Å². The Labute approximate surface area is 202 Å². The Balaban J connectivity index is 1.31. The van der Waals surface area contributed by atoms with Crippen LogP contribution < -0.4 is 10.1 Å². The number of nitrogens with one attached hydrogen (secondary N) is 1.